The van der Waals surface area contributed by atoms with Crippen molar-refractivity contribution < 1.29 is 17.9 Å². The summed E-state index contributed by atoms with van der Waals surface area (Å²) in [6.07, 6.45) is 0. The molecule has 0 saturated carbocycles. The molecule has 2 aromatic rings. The van der Waals surface area contributed by atoms with Crippen LogP contribution in [0.15, 0.2) is 47.4 Å². The molecule has 0 aromatic heterocycles. The smallest absolute Gasteiger partial charge is 0.333 e. The molecule has 23 heavy (non-hydrogen) atoms. The van der Waals surface area contributed by atoms with Crippen LogP contribution in [0.25, 0.3) is 0 Å². The van der Waals surface area contributed by atoms with Crippen LogP contribution >= 0.6 is 0 Å². The highest BCUT2D eigenvalue weighted by Gasteiger charge is 2.18. The number of amides is 2. The van der Waals surface area contributed by atoms with E-state index in [-0.39, 0.29) is 4.90 Å². The Labute approximate surface area is 135 Å². The minimum Gasteiger partial charge on any atom is -0.495 e. The average Bonchev–Trinajstić information content (AvgIpc) is 2.47. The van der Waals surface area contributed by atoms with Gasteiger partial charge in [-0.3, -0.25) is 0 Å². The summed E-state index contributed by atoms with van der Waals surface area (Å²) in [5.41, 5.74) is 2.23. The van der Waals surface area contributed by atoms with Crippen molar-refractivity contribution in [3.8, 4) is 5.75 Å². The van der Waals surface area contributed by atoms with Crippen molar-refractivity contribution in [1.29, 1.82) is 0 Å². The summed E-state index contributed by atoms with van der Waals surface area (Å²) in [5, 5.41) is 2.49. The molecule has 6 nitrogen and oxygen atoms in total. The first-order valence-corrected chi connectivity index (χ1v) is 8.35. The fourth-order valence-corrected chi connectivity index (χ4v) is 2.87. The SMILES string of the molecule is COc1ccc(C)cc1NC(=O)NS(=O)(=O)c1ccc(C)cc1. The van der Waals surface area contributed by atoms with Gasteiger partial charge in [-0.1, -0.05) is 23.8 Å². The second-order valence-electron chi connectivity index (χ2n) is 5.08. The van der Waals surface area contributed by atoms with Gasteiger partial charge in [-0.05, 0) is 43.7 Å². The van der Waals surface area contributed by atoms with Crippen molar-refractivity contribution in [2.24, 2.45) is 0 Å². The van der Waals surface area contributed by atoms with E-state index >= 15 is 0 Å². The highest BCUT2D eigenvalue weighted by molar-refractivity contribution is 7.90. The maximum atomic E-state index is 12.2. The Balaban J connectivity index is 2.16. The average molecular weight is 334 g/mol. The summed E-state index contributed by atoms with van der Waals surface area (Å²) >= 11 is 0. The van der Waals surface area contributed by atoms with Gasteiger partial charge in [0.15, 0.2) is 0 Å². The Morgan fingerprint density at radius 1 is 1.00 bits per heavy atom. The van der Waals surface area contributed by atoms with Gasteiger partial charge < -0.3 is 10.1 Å². The number of hydrogen-bond acceptors (Lipinski definition) is 4. The van der Waals surface area contributed by atoms with E-state index in [2.05, 4.69) is 5.32 Å². The van der Waals surface area contributed by atoms with E-state index in [9.17, 15) is 13.2 Å². The number of rotatable bonds is 4. The standard InChI is InChI=1S/C16H18N2O4S/c1-11-4-7-13(8-5-11)23(20,21)18-16(19)17-14-10-12(2)6-9-15(14)22-3/h4-10H,1-3H3,(H2,17,18,19). The predicted molar refractivity (Wildman–Crippen MR) is 88.3 cm³/mol. The molecule has 2 amide bonds. The number of carbonyl (C=O) groups excluding carboxylic acids is 1. The lowest BCUT2D eigenvalue weighted by atomic mass is 10.2. The van der Waals surface area contributed by atoms with Crippen LogP contribution in [0.3, 0.4) is 0 Å². The summed E-state index contributed by atoms with van der Waals surface area (Å²) in [7, 11) is -2.46. The number of anilines is 1. The minimum absolute atomic E-state index is 0.0226. The number of nitrogens with one attached hydrogen (secondary N) is 2. The van der Waals surface area contributed by atoms with Crippen molar-refractivity contribution in [1.82, 2.24) is 4.72 Å². The normalized spacial score (nSPS) is 10.9. The Bertz CT molecular complexity index is 814. The van der Waals surface area contributed by atoms with E-state index < -0.39 is 16.1 Å². The van der Waals surface area contributed by atoms with Crippen LogP contribution in [-0.2, 0) is 10.0 Å². The summed E-state index contributed by atoms with van der Waals surface area (Å²) in [4.78, 5) is 12.0. The van der Waals surface area contributed by atoms with Crippen molar-refractivity contribution in [3.05, 3.63) is 53.6 Å². The molecule has 0 saturated heterocycles. The third-order valence-corrected chi connectivity index (χ3v) is 4.51. The molecule has 0 spiro atoms. The van der Waals surface area contributed by atoms with Gasteiger partial charge in [0.05, 0.1) is 17.7 Å². The fraction of sp³-hybridized carbons (Fsp3) is 0.188. The number of ether oxygens (including phenoxy) is 1. The Morgan fingerprint density at radius 2 is 1.61 bits per heavy atom. The molecule has 2 rings (SSSR count). The van der Waals surface area contributed by atoms with E-state index in [1.54, 1.807) is 24.3 Å². The third kappa shape index (κ3) is 4.23. The molecule has 0 fully saturated rings. The van der Waals surface area contributed by atoms with Gasteiger partial charge in [-0.25, -0.2) is 17.9 Å². The molecule has 2 N–H and O–H groups in total. The number of benzene rings is 2. The Morgan fingerprint density at radius 3 is 2.22 bits per heavy atom. The van der Waals surface area contributed by atoms with Crippen molar-refractivity contribution in [2.75, 3.05) is 12.4 Å². The predicted octanol–water partition coefficient (Wildman–Crippen LogP) is 2.82. The van der Waals surface area contributed by atoms with Crippen LogP contribution in [0.2, 0.25) is 0 Å². The molecule has 2 aromatic carbocycles. The first kappa shape index (κ1) is 16.8. The maximum absolute atomic E-state index is 12.2. The zero-order valence-electron chi connectivity index (χ0n) is 13.1. The van der Waals surface area contributed by atoms with E-state index in [4.69, 9.17) is 4.74 Å². The van der Waals surface area contributed by atoms with Gasteiger partial charge in [0.2, 0.25) is 0 Å². The Hall–Kier alpha value is -2.54. The molecule has 0 heterocycles. The lowest BCUT2D eigenvalue weighted by molar-refractivity contribution is 0.256. The van der Waals surface area contributed by atoms with Gasteiger partial charge in [0.25, 0.3) is 10.0 Å². The van der Waals surface area contributed by atoms with Crippen molar-refractivity contribution in [3.63, 3.8) is 0 Å². The summed E-state index contributed by atoms with van der Waals surface area (Å²) in [6.45, 7) is 3.70. The molecule has 0 aliphatic heterocycles. The van der Waals surface area contributed by atoms with Crippen LogP contribution in [0.1, 0.15) is 11.1 Å². The lowest BCUT2D eigenvalue weighted by Gasteiger charge is -2.12. The van der Waals surface area contributed by atoms with Crippen molar-refractivity contribution >= 4 is 21.7 Å². The second kappa shape index (κ2) is 6.70. The molecule has 122 valence electrons. The molecular formula is C16H18N2O4S. The molecule has 0 aliphatic carbocycles. The van der Waals surface area contributed by atoms with Crippen LogP contribution in [0.5, 0.6) is 5.75 Å². The first-order valence-electron chi connectivity index (χ1n) is 6.87. The van der Waals surface area contributed by atoms with Crippen LogP contribution < -0.4 is 14.8 Å². The number of urea groups is 1. The molecule has 7 heteroatoms. The number of hydrogen-bond donors (Lipinski definition) is 2. The second-order valence-corrected chi connectivity index (χ2v) is 6.76. The summed E-state index contributed by atoms with van der Waals surface area (Å²) in [5.74, 6) is 0.443. The van der Waals surface area contributed by atoms with Gasteiger partial charge in [-0.15, -0.1) is 0 Å². The molecule has 0 atom stereocenters. The zero-order chi connectivity index (χ0) is 17.0. The van der Waals surface area contributed by atoms with Crippen molar-refractivity contribution in [2.45, 2.75) is 18.7 Å². The van der Waals surface area contributed by atoms with Crippen LogP contribution in [0, 0.1) is 13.8 Å². The number of sulfonamides is 1. The van der Waals surface area contributed by atoms with Gasteiger partial charge in [-0.2, -0.15) is 0 Å². The minimum atomic E-state index is -3.93. The van der Waals surface area contributed by atoms with E-state index in [0.717, 1.165) is 11.1 Å². The molecule has 0 aliphatic rings. The third-order valence-electron chi connectivity index (χ3n) is 3.16. The molecule has 0 radical (unpaired) electrons. The first-order chi connectivity index (χ1) is 10.8. The summed E-state index contributed by atoms with van der Waals surface area (Å²) < 4.78 is 31.4. The highest BCUT2D eigenvalue weighted by atomic mass is 32.2. The zero-order valence-corrected chi connectivity index (χ0v) is 13.9. The van der Waals surface area contributed by atoms with Gasteiger partial charge in [0.1, 0.15) is 5.75 Å². The van der Waals surface area contributed by atoms with Gasteiger partial charge >= 0.3 is 6.03 Å². The van der Waals surface area contributed by atoms with Crippen LogP contribution in [-0.4, -0.2) is 21.6 Å². The maximum Gasteiger partial charge on any atom is 0.333 e. The summed E-state index contributed by atoms with van der Waals surface area (Å²) in [6, 6.07) is 10.6. The number of methoxy groups -OCH3 is 1. The van der Waals surface area contributed by atoms with Crippen LogP contribution in [0.4, 0.5) is 10.5 Å². The lowest BCUT2D eigenvalue weighted by Crippen LogP contribution is -2.34. The number of aryl methyl sites for hydroxylation is 2. The Kier molecular flexibility index (Phi) is 4.90. The largest absolute Gasteiger partial charge is 0.495 e. The molecule has 0 bridgehead atoms. The fourth-order valence-electron chi connectivity index (χ4n) is 1.97. The van der Waals surface area contributed by atoms with E-state index in [1.165, 1.54) is 19.2 Å². The van der Waals surface area contributed by atoms with E-state index in [1.807, 2.05) is 24.6 Å². The number of carbonyl (C=O) groups is 1. The quantitative estimate of drug-likeness (QED) is 0.900. The topological polar surface area (TPSA) is 84.5 Å². The molecular weight excluding hydrogens is 316 g/mol. The van der Waals surface area contributed by atoms with Gasteiger partial charge in [0, 0.05) is 0 Å². The molecule has 0 unspecified atom stereocenters. The highest BCUT2D eigenvalue weighted by Crippen LogP contribution is 2.25. The monoisotopic (exact) mass is 334 g/mol. The van der Waals surface area contributed by atoms with E-state index in [0.29, 0.717) is 11.4 Å².